The lowest BCUT2D eigenvalue weighted by Gasteiger charge is -2.43. The third-order valence-corrected chi connectivity index (χ3v) is 8.72. The number of amides is 1. The van der Waals surface area contributed by atoms with Gasteiger partial charge < -0.3 is 15.1 Å². The second-order valence-corrected chi connectivity index (χ2v) is 12.0. The maximum absolute atomic E-state index is 14.3. The van der Waals surface area contributed by atoms with E-state index in [1.807, 2.05) is 37.2 Å². The van der Waals surface area contributed by atoms with Gasteiger partial charge in [0.1, 0.15) is 16.9 Å². The Balaban J connectivity index is 1.26. The Bertz CT molecular complexity index is 1090. The van der Waals surface area contributed by atoms with E-state index in [0.717, 1.165) is 69.2 Å². The predicted molar refractivity (Wildman–Crippen MR) is 151 cm³/mol. The van der Waals surface area contributed by atoms with E-state index in [2.05, 4.69) is 28.7 Å². The van der Waals surface area contributed by atoms with E-state index in [9.17, 15) is 13.6 Å². The van der Waals surface area contributed by atoms with Gasteiger partial charge in [0.15, 0.2) is 0 Å². The Kier molecular flexibility index (Phi) is 8.85. The van der Waals surface area contributed by atoms with Crippen molar-refractivity contribution >= 4 is 29.0 Å². The standard InChI is InChI=1S/C30H41ClF2N4O/c1-19-18-37(26-12-11-25(28(31)35-26)20(2)36(4)5)14-13-23(19)15-21-16-24(17-21)34-29(38)27(30(3,32)33)22-9-7-6-8-10-22/h7,9-12,19,21,23-24,27H,2,6,8,13-18H2,1,3-5H3,(H,34,38). The largest absolute Gasteiger partial charge is 0.378 e. The molecule has 0 aromatic carbocycles. The number of nitrogens with zero attached hydrogens (tertiary/aromatic N) is 3. The number of nitrogens with one attached hydrogen (secondary N) is 1. The second kappa shape index (κ2) is 11.8. The van der Waals surface area contributed by atoms with Crippen LogP contribution in [0.25, 0.3) is 5.70 Å². The molecule has 38 heavy (non-hydrogen) atoms. The highest BCUT2D eigenvalue weighted by Gasteiger charge is 2.44. The number of hydrogen-bond acceptors (Lipinski definition) is 4. The Morgan fingerprint density at radius 3 is 2.63 bits per heavy atom. The first-order valence-corrected chi connectivity index (χ1v) is 14.1. The Morgan fingerprint density at radius 2 is 2.05 bits per heavy atom. The van der Waals surface area contributed by atoms with Crippen molar-refractivity contribution in [3.05, 3.63) is 53.2 Å². The Morgan fingerprint density at radius 1 is 1.32 bits per heavy atom. The van der Waals surface area contributed by atoms with Crippen LogP contribution >= 0.6 is 11.6 Å². The average molecular weight is 547 g/mol. The van der Waals surface area contributed by atoms with Crippen molar-refractivity contribution in [1.82, 2.24) is 15.2 Å². The van der Waals surface area contributed by atoms with Gasteiger partial charge in [-0.2, -0.15) is 0 Å². The number of rotatable bonds is 9. The number of aromatic nitrogens is 1. The van der Waals surface area contributed by atoms with Crippen LogP contribution in [-0.2, 0) is 4.79 Å². The summed E-state index contributed by atoms with van der Waals surface area (Å²) in [4.78, 5) is 21.7. The number of hydrogen-bond donors (Lipinski definition) is 1. The molecule has 1 saturated heterocycles. The first-order chi connectivity index (χ1) is 17.9. The maximum atomic E-state index is 14.3. The van der Waals surface area contributed by atoms with Crippen molar-refractivity contribution in [2.75, 3.05) is 32.1 Å². The number of anilines is 1. The summed E-state index contributed by atoms with van der Waals surface area (Å²) >= 11 is 6.48. The van der Waals surface area contributed by atoms with Crippen LogP contribution in [0, 0.1) is 23.7 Å². The van der Waals surface area contributed by atoms with Crippen LogP contribution < -0.4 is 10.2 Å². The van der Waals surface area contributed by atoms with Gasteiger partial charge in [-0.05, 0) is 74.0 Å². The van der Waals surface area contributed by atoms with E-state index in [-0.39, 0.29) is 6.04 Å². The van der Waals surface area contributed by atoms with Gasteiger partial charge in [0, 0.05) is 51.4 Å². The second-order valence-electron chi connectivity index (χ2n) is 11.7. The van der Waals surface area contributed by atoms with Crippen LogP contribution in [0.4, 0.5) is 14.6 Å². The molecule has 1 aromatic heterocycles. The third-order valence-electron chi connectivity index (χ3n) is 8.44. The molecule has 1 amide bonds. The fraction of sp³-hybridized carbons (Fsp3) is 0.600. The van der Waals surface area contributed by atoms with E-state index in [1.165, 1.54) is 0 Å². The minimum absolute atomic E-state index is 0.0114. The molecule has 208 valence electrons. The van der Waals surface area contributed by atoms with Gasteiger partial charge in [0.05, 0.1) is 0 Å². The number of carbonyl (C=O) groups excluding carboxylic acids is 1. The lowest BCUT2D eigenvalue weighted by atomic mass is 9.71. The zero-order chi connectivity index (χ0) is 27.6. The number of halogens is 3. The predicted octanol–water partition coefficient (Wildman–Crippen LogP) is 6.56. The number of carbonyl (C=O) groups is 1. The molecule has 1 aromatic rings. The monoisotopic (exact) mass is 546 g/mol. The van der Waals surface area contributed by atoms with Gasteiger partial charge in [-0.1, -0.05) is 43.3 Å². The highest BCUT2D eigenvalue weighted by Crippen LogP contribution is 2.40. The minimum Gasteiger partial charge on any atom is -0.378 e. The quantitative estimate of drug-likeness (QED) is 0.356. The number of pyridine rings is 1. The molecule has 1 aliphatic heterocycles. The van der Waals surface area contributed by atoms with Gasteiger partial charge in [-0.25, -0.2) is 13.8 Å². The molecule has 2 fully saturated rings. The summed E-state index contributed by atoms with van der Waals surface area (Å²) in [5.74, 6) is -2.54. The van der Waals surface area contributed by atoms with Crippen LogP contribution in [0.15, 0.2) is 42.5 Å². The van der Waals surface area contributed by atoms with Gasteiger partial charge in [0.25, 0.3) is 5.92 Å². The molecule has 8 heteroatoms. The molecule has 4 rings (SSSR count). The van der Waals surface area contributed by atoms with E-state index < -0.39 is 17.7 Å². The molecule has 3 unspecified atom stereocenters. The molecule has 2 aliphatic carbocycles. The molecule has 0 radical (unpaired) electrons. The topological polar surface area (TPSA) is 48.5 Å². The fourth-order valence-corrected chi connectivity index (χ4v) is 6.35. The van der Waals surface area contributed by atoms with E-state index in [4.69, 9.17) is 11.6 Å². The van der Waals surface area contributed by atoms with E-state index in [1.54, 1.807) is 12.2 Å². The zero-order valence-electron chi connectivity index (χ0n) is 23.0. The Labute approximate surface area is 231 Å². The SMILES string of the molecule is C=C(c1ccc(N2CCC(CC3CC(NC(=O)C(C4=CCCC=C4)C(C)(F)F)C3)C(C)C2)nc1Cl)N(C)C. The summed E-state index contributed by atoms with van der Waals surface area (Å²) in [6.07, 6.45) is 10.8. The number of alkyl halides is 2. The van der Waals surface area contributed by atoms with Crippen molar-refractivity contribution in [1.29, 1.82) is 0 Å². The van der Waals surface area contributed by atoms with Gasteiger partial charge >= 0.3 is 0 Å². The van der Waals surface area contributed by atoms with Gasteiger partial charge in [-0.3, -0.25) is 4.79 Å². The molecule has 0 bridgehead atoms. The molecule has 1 saturated carbocycles. The normalized spacial score (nSPS) is 26.3. The summed E-state index contributed by atoms with van der Waals surface area (Å²) in [6, 6.07) is 4.00. The summed E-state index contributed by atoms with van der Waals surface area (Å²) in [7, 11) is 3.87. The summed E-state index contributed by atoms with van der Waals surface area (Å²) in [5, 5.41) is 3.39. The molecule has 3 aliphatic rings. The van der Waals surface area contributed by atoms with Crippen LogP contribution in [0.3, 0.4) is 0 Å². The highest BCUT2D eigenvalue weighted by molar-refractivity contribution is 6.31. The van der Waals surface area contributed by atoms with Gasteiger partial charge in [0.2, 0.25) is 5.91 Å². The third kappa shape index (κ3) is 6.59. The van der Waals surface area contributed by atoms with Gasteiger partial charge in [-0.15, -0.1) is 0 Å². The first kappa shape index (κ1) is 28.6. The molecular weight excluding hydrogens is 506 g/mol. The summed E-state index contributed by atoms with van der Waals surface area (Å²) in [6.45, 7) is 9.06. The molecule has 3 atom stereocenters. The summed E-state index contributed by atoms with van der Waals surface area (Å²) in [5.41, 5.74) is 2.11. The van der Waals surface area contributed by atoms with Crippen molar-refractivity contribution < 1.29 is 13.6 Å². The maximum Gasteiger partial charge on any atom is 0.260 e. The average Bonchev–Trinajstić information content (AvgIpc) is 2.83. The van der Waals surface area contributed by atoms with Crippen molar-refractivity contribution in [2.45, 2.75) is 64.3 Å². The molecule has 2 heterocycles. The van der Waals surface area contributed by atoms with E-state index in [0.29, 0.717) is 34.9 Å². The lowest BCUT2D eigenvalue weighted by molar-refractivity contribution is -0.135. The minimum atomic E-state index is -3.09. The fourth-order valence-electron chi connectivity index (χ4n) is 6.09. The number of piperidine rings is 1. The molecule has 1 N–H and O–H groups in total. The van der Waals surface area contributed by atoms with Crippen LogP contribution in [0.2, 0.25) is 5.15 Å². The van der Waals surface area contributed by atoms with Crippen molar-refractivity contribution in [3.8, 4) is 0 Å². The molecule has 0 spiro atoms. The smallest absolute Gasteiger partial charge is 0.260 e. The van der Waals surface area contributed by atoms with Crippen molar-refractivity contribution in [3.63, 3.8) is 0 Å². The highest BCUT2D eigenvalue weighted by atomic mass is 35.5. The first-order valence-electron chi connectivity index (χ1n) is 13.8. The molecular formula is C30H41ClF2N4O. The lowest BCUT2D eigenvalue weighted by Crippen LogP contribution is -2.50. The zero-order valence-corrected chi connectivity index (χ0v) is 23.8. The molecule has 5 nitrogen and oxygen atoms in total. The van der Waals surface area contributed by atoms with Crippen LogP contribution in [0.5, 0.6) is 0 Å². The van der Waals surface area contributed by atoms with Crippen LogP contribution in [-0.4, -0.2) is 54.9 Å². The van der Waals surface area contributed by atoms with Crippen molar-refractivity contribution in [2.24, 2.45) is 23.7 Å². The summed E-state index contributed by atoms with van der Waals surface area (Å²) < 4.78 is 28.7. The Hall–Kier alpha value is -2.41. The van der Waals surface area contributed by atoms with E-state index >= 15 is 0 Å². The number of allylic oxidation sites excluding steroid dienone is 3. The van der Waals surface area contributed by atoms with Crippen LogP contribution in [0.1, 0.15) is 57.9 Å².